The van der Waals surface area contributed by atoms with Crippen molar-refractivity contribution < 1.29 is 9.90 Å². The van der Waals surface area contributed by atoms with Gasteiger partial charge in [-0.15, -0.1) is 0 Å². The zero-order valence-corrected chi connectivity index (χ0v) is 10.4. The second-order valence-corrected chi connectivity index (χ2v) is 4.98. The average Bonchev–Trinajstić information content (AvgIpc) is 2.28. The minimum Gasteiger partial charge on any atom is -0.481 e. The highest BCUT2D eigenvalue weighted by molar-refractivity contribution is 6.30. The van der Waals surface area contributed by atoms with E-state index in [4.69, 9.17) is 16.7 Å². The van der Waals surface area contributed by atoms with E-state index in [1.807, 2.05) is 31.2 Å². The van der Waals surface area contributed by atoms with Gasteiger partial charge in [-0.3, -0.25) is 4.79 Å². The standard InChI is InChI=1S/C14H15ClO2/c1-9-7-11(5-6-13(9)14(16)17)10-3-2-4-12(15)8-10/h2-4,7-9,13H,5-6H2,1H3,(H,16,17)/t9-,13-/m1/s1. The maximum absolute atomic E-state index is 11.0. The molecule has 0 saturated carbocycles. The number of benzene rings is 1. The summed E-state index contributed by atoms with van der Waals surface area (Å²) in [6, 6.07) is 7.72. The molecule has 1 N–H and O–H groups in total. The van der Waals surface area contributed by atoms with Gasteiger partial charge in [0.15, 0.2) is 0 Å². The molecule has 1 aromatic carbocycles. The van der Waals surface area contributed by atoms with Crippen LogP contribution in [0.5, 0.6) is 0 Å². The Labute approximate surface area is 106 Å². The Morgan fingerprint density at radius 1 is 1.47 bits per heavy atom. The molecule has 0 amide bonds. The lowest BCUT2D eigenvalue weighted by atomic mass is 9.80. The molecule has 2 nitrogen and oxygen atoms in total. The average molecular weight is 251 g/mol. The lowest BCUT2D eigenvalue weighted by Crippen LogP contribution is -2.23. The van der Waals surface area contributed by atoms with E-state index in [-0.39, 0.29) is 11.8 Å². The summed E-state index contributed by atoms with van der Waals surface area (Å²) < 4.78 is 0. The van der Waals surface area contributed by atoms with Gasteiger partial charge in [-0.05, 0) is 42.0 Å². The predicted octanol–water partition coefficient (Wildman–Crippen LogP) is 3.85. The van der Waals surface area contributed by atoms with Crippen molar-refractivity contribution in [2.45, 2.75) is 19.8 Å². The fourth-order valence-corrected chi connectivity index (χ4v) is 2.56. The quantitative estimate of drug-likeness (QED) is 0.866. The van der Waals surface area contributed by atoms with Crippen molar-refractivity contribution in [3.05, 3.63) is 40.9 Å². The van der Waals surface area contributed by atoms with Crippen LogP contribution >= 0.6 is 11.6 Å². The zero-order chi connectivity index (χ0) is 12.4. The molecule has 0 radical (unpaired) electrons. The second kappa shape index (κ2) is 4.92. The van der Waals surface area contributed by atoms with Crippen LogP contribution in [0.3, 0.4) is 0 Å². The van der Waals surface area contributed by atoms with Crippen LogP contribution in [-0.4, -0.2) is 11.1 Å². The lowest BCUT2D eigenvalue weighted by molar-refractivity contribution is -0.143. The number of hydrogen-bond acceptors (Lipinski definition) is 1. The summed E-state index contributed by atoms with van der Waals surface area (Å²) in [6.45, 7) is 1.96. The van der Waals surface area contributed by atoms with Gasteiger partial charge in [0, 0.05) is 5.02 Å². The van der Waals surface area contributed by atoms with Crippen molar-refractivity contribution in [2.24, 2.45) is 11.8 Å². The number of rotatable bonds is 2. The van der Waals surface area contributed by atoms with E-state index in [0.29, 0.717) is 6.42 Å². The Balaban J connectivity index is 2.25. The van der Waals surface area contributed by atoms with Crippen LogP contribution in [0.4, 0.5) is 0 Å². The van der Waals surface area contributed by atoms with Gasteiger partial charge in [0.25, 0.3) is 0 Å². The number of allylic oxidation sites excluding steroid dienone is 2. The van der Waals surface area contributed by atoms with E-state index in [0.717, 1.165) is 17.0 Å². The van der Waals surface area contributed by atoms with Gasteiger partial charge in [0.1, 0.15) is 0 Å². The molecule has 1 aromatic rings. The molecule has 0 unspecified atom stereocenters. The third kappa shape index (κ3) is 2.70. The Hall–Kier alpha value is -1.28. The molecule has 0 aromatic heterocycles. The van der Waals surface area contributed by atoms with Gasteiger partial charge in [0.2, 0.25) is 0 Å². The number of hydrogen-bond donors (Lipinski definition) is 1. The van der Waals surface area contributed by atoms with E-state index in [1.165, 1.54) is 5.57 Å². The predicted molar refractivity (Wildman–Crippen MR) is 69.0 cm³/mol. The van der Waals surface area contributed by atoms with Crippen molar-refractivity contribution in [3.8, 4) is 0 Å². The normalized spacial score (nSPS) is 24.2. The summed E-state index contributed by atoms with van der Waals surface area (Å²) in [5.74, 6) is -0.868. The first-order valence-electron chi connectivity index (χ1n) is 5.77. The van der Waals surface area contributed by atoms with Crippen LogP contribution in [0, 0.1) is 11.8 Å². The van der Waals surface area contributed by atoms with Gasteiger partial charge < -0.3 is 5.11 Å². The number of carboxylic acid groups (broad SMARTS) is 1. The minimum atomic E-state index is -0.695. The molecule has 1 aliphatic rings. The molecule has 17 heavy (non-hydrogen) atoms. The van der Waals surface area contributed by atoms with E-state index in [9.17, 15) is 4.79 Å². The largest absolute Gasteiger partial charge is 0.481 e. The van der Waals surface area contributed by atoms with E-state index < -0.39 is 5.97 Å². The summed E-state index contributed by atoms with van der Waals surface area (Å²) in [4.78, 5) is 11.0. The maximum atomic E-state index is 11.0. The van der Waals surface area contributed by atoms with Crippen molar-refractivity contribution in [3.63, 3.8) is 0 Å². The van der Waals surface area contributed by atoms with Crippen molar-refractivity contribution in [1.29, 1.82) is 0 Å². The maximum Gasteiger partial charge on any atom is 0.307 e. The van der Waals surface area contributed by atoms with Gasteiger partial charge >= 0.3 is 5.97 Å². The Morgan fingerprint density at radius 3 is 2.82 bits per heavy atom. The van der Waals surface area contributed by atoms with Crippen molar-refractivity contribution in [2.75, 3.05) is 0 Å². The van der Waals surface area contributed by atoms with E-state index >= 15 is 0 Å². The van der Waals surface area contributed by atoms with Crippen LogP contribution in [0.15, 0.2) is 30.3 Å². The van der Waals surface area contributed by atoms with Crippen LogP contribution in [0.2, 0.25) is 5.02 Å². The summed E-state index contributed by atoms with van der Waals surface area (Å²) in [5.41, 5.74) is 2.31. The summed E-state index contributed by atoms with van der Waals surface area (Å²) in [5, 5.41) is 9.78. The molecule has 0 fully saturated rings. The van der Waals surface area contributed by atoms with Crippen LogP contribution in [0.25, 0.3) is 5.57 Å². The molecule has 2 rings (SSSR count). The van der Waals surface area contributed by atoms with Gasteiger partial charge in [0.05, 0.1) is 5.92 Å². The molecule has 90 valence electrons. The smallest absolute Gasteiger partial charge is 0.307 e. The van der Waals surface area contributed by atoms with Crippen molar-refractivity contribution in [1.82, 2.24) is 0 Å². The summed E-state index contributed by atoms with van der Waals surface area (Å²) in [7, 11) is 0. The molecule has 0 bridgehead atoms. The van der Waals surface area contributed by atoms with Gasteiger partial charge in [-0.25, -0.2) is 0 Å². The SMILES string of the molecule is C[C@@H]1C=C(c2cccc(Cl)c2)CC[C@H]1C(=O)O. The van der Waals surface area contributed by atoms with E-state index in [1.54, 1.807) is 0 Å². The van der Waals surface area contributed by atoms with Gasteiger partial charge in [-0.1, -0.05) is 36.7 Å². The highest BCUT2D eigenvalue weighted by Crippen LogP contribution is 2.34. The van der Waals surface area contributed by atoms with E-state index in [2.05, 4.69) is 6.08 Å². The molecule has 1 aliphatic carbocycles. The first-order valence-corrected chi connectivity index (χ1v) is 6.15. The fourth-order valence-electron chi connectivity index (χ4n) is 2.37. The third-order valence-corrected chi connectivity index (χ3v) is 3.57. The highest BCUT2D eigenvalue weighted by atomic mass is 35.5. The first kappa shape index (κ1) is 12.2. The lowest BCUT2D eigenvalue weighted by Gasteiger charge is -2.24. The van der Waals surface area contributed by atoms with Gasteiger partial charge in [-0.2, -0.15) is 0 Å². The number of aliphatic carboxylic acids is 1. The number of carboxylic acids is 1. The van der Waals surface area contributed by atoms with Crippen molar-refractivity contribution >= 4 is 23.1 Å². The number of carbonyl (C=O) groups is 1. The Bertz CT molecular complexity index is 465. The molecular formula is C14H15ClO2. The minimum absolute atomic E-state index is 0.0789. The van der Waals surface area contributed by atoms with Crippen LogP contribution < -0.4 is 0 Å². The molecule has 2 atom stereocenters. The van der Waals surface area contributed by atoms with Crippen LogP contribution in [0.1, 0.15) is 25.3 Å². The summed E-state index contributed by atoms with van der Waals surface area (Å²) >= 11 is 5.96. The monoisotopic (exact) mass is 250 g/mol. The Kier molecular flexibility index (Phi) is 3.53. The molecule has 0 saturated heterocycles. The number of halogens is 1. The second-order valence-electron chi connectivity index (χ2n) is 4.54. The topological polar surface area (TPSA) is 37.3 Å². The Morgan fingerprint density at radius 2 is 2.24 bits per heavy atom. The molecular weight excluding hydrogens is 236 g/mol. The fraction of sp³-hybridized carbons (Fsp3) is 0.357. The zero-order valence-electron chi connectivity index (χ0n) is 9.69. The van der Waals surface area contributed by atoms with Crippen LogP contribution in [-0.2, 0) is 4.79 Å². The molecule has 0 aliphatic heterocycles. The molecule has 0 spiro atoms. The molecule has 3 heteroatoms. The molecule has 0 heterocycles. The first-order chi connectivity index (χ1) is 8.08. The third-order valence-electron chi connectivity index (χ3n) is 3.34. The highest BCUT2D eigenvalue weighted by Gasteiger charge is 2.27. The summed E-state index contributed by atoms with van der Waals surface area (Å²) in [6.07, 6.45) is 3.57.